The lowest BCUT2D eigenvalue weighted by Gasteiger charge is -2.19. The third-order valence-corrected chi connectivity index (χ3v) is 5.36. The molecule has 1 aliphatic heterocycles. The monoisotopic (exact) mass is 490 g/mol. The van der Waals surface area contributed by atoms with Gasteiger partial charge in [-0.15, -0.1) is 0 Å². The van der Waals surface area contributed by atoms with E-state index in [1.54, 1.807) is 23.1 Å². The lowest BCUT2D eigenvalue weighted by molar-refractivity contribution is -0.113. The molecule has 0 fully saturated rings. The van der Waals surface area contributed by atoms with Gasteiger partial charge in [-0.1, -0.05) is 40.2 Å². The third kappa shape index (κ3) is 4.48. The van der Waals surface area contributed by atoms with E-state index in [-0.39, 0.29) is 17.2 Å². The summed E-state index contributed by atoms with van der Waals surface area (Å²) in [5.74, 6) is -0.0351. The number of hydrogen-bond acceptors (Lipinski definition) is 4. The van der Waals surface area contributed by atoms with Crippen molar-refractivity contribution in [1.82, 2.24) is 0 Å². The molecule has 1 aliphatic rings. The zero-order valence-electron chi connectivity index (χ0n) is 17.2. The van der Waals surface area contributed by atoms with Gasteiger partial charge in [-0.3, -0.25) is 9.69 Å². The molecule has 0 atom stereocenters. The number of rotatable bonds is 6. The van der Waals surface area contributed by atoms with Crippen LogP contribution in [0.25, 0.3) is 6.08 Å². The predicted octanol–water partition coefficient (Wildman–Crippen LogP) is 5.38. The number of hydrogen-bond donors (Lipinski definition) is 1. The first-order chi connectivity index (χ1) is 15.5. The van der Waals surface area contributed by atoms with Gasteiger partial charge < -0.3 is 9.84 Å². The maximum Gasteiger partial charge on any atom is 0.335 e. The fourth-order valence-electron chi connectivity index (χ4n) is 3.29. The normalized spacial score (nSPS) is 14.6. The summed E-state index contributed by atoms with van der Waals surface area (Å²) in [5.41, 5.74) is 2.59. The van der Waals surface area contributed by atoms with Crippen LogP contribution in [0.3, 0.4) is 0 Å². The molecule has 4 rings (SSSR count). The highest BCUT2D eigenvalue weighted by molar-refractivity contribution is 9.10. The van der Waals surface area contributed by atoms with Crippen molar-refractivity contribution in [3.05, 3.63) is 99.7 Å². The second-order valence-corrected chi connectivity index (χ2v) is 7.88. The van der Waals surface area contributed by atoms with Crippen LogP contribution in [-0.4, -0.2) is 29.4 Å². The second kappa shape index (κ2) is 9.20. The van der Waals surface area contributed by atoms with Gasteiger partial charge in [-0.05, 0) is 67.1 Å². The van der Waals surface area contributed by atoms with E-state index < -0.39 is 5.97 Å². The van der Waals surface area contributed by atoms with E-state index in [1.165, 1.54) is 12.1 Å². The number of carboxylic acids is 1. The quantitative estimate of drug-likeness (QED) is 0.470. The van der Waals surface area contributed by atoms with Crippen LogP contribution in [0.5, 0.6) is 5.75 Å². The van der Waals surface area contributed by atoms with Gasteiger partial charge in [0.25, 0.3) is 5.91 Å². The molecule has 3 aromatic carbocycles. The highest BCUT2D eigenvalue weighted by atomic mass is 79.9. The molecule has 3 aromatic rings. The van der Waals surface area contributed by atoms with Crippen LogP contribution >= 0.6 is 15.9 Å². The second-order valence-electron chi connectivity index (χ2n) is 6.97. The lowest BCUT2D eigenvalue weighted by Crippen LogP contribution is -2.32. The number of halogens is 1. The number of ether oxygens (including phenoxy) is 1. The molecule has 0 radical (unpaired) electrons. The molecule has 1 N–H and O–H groups in total. The summed E-state index contributed by atoms with van der Waals surface area (Å²) in [7, 11) is 0. The first-order valence-electron chi connectivity index (χ1n) is 9.93. The van der Waals surface area contributed by atoms with E-state index in [2.05, 4.69) is 20.9 Å². The summed E-state index contributed by atoms with van der Waals surface area (Å²) in [6, 6.07) is 21.1. The average molecular weight is 491 g/mol. The van der Waals surface area contributed by atoms with Gasteiger partial charge in [-0.2, -0.15) is 0 Å². The van der Waals surface area contributed by atoms with Crippen molar-refractivity contribution in [2.24, 2.45) is 4.99 Å². The number of carboxylic acid groups (broad SMARTS) is 1. The molecule has 160 valence electrons. The molecule has 1 amide bonds. The molecular formula is C25H19BrN2O4. The van der Waals surface area contributed by atoms with E-state index >= 15 is 0 Å². The van der Waals surface area contributed by atoms with Crippen molar-refractivity contribution in [2.75, 3.05) is 11.5 Å². The predicted molar refractivity (Wildman–Crippen MR) is 127 cm³/mol. The van der Waals surface area contributed by atoms with Crippen molar-refractivity contribution in [1.29, 1.82) is 0 Å². The van der Waals surface area contributed by atoms with Gasteiger partial charge in [0.05, 0.1) is 17.9 Å². The fraction of sp³-hybridized carbons (Fsp3) is 0.0800. The molecule has 0 aliphatic carbocycles. The SMILES string of the molecule is CCOc1ccc(N2C(=O)/C(=C\c3ccc(C(=O)O)cc3)N=C2c2ccc(Br)cc2)cc1. The van der Waals surface area contributed by atoms with Crippen molar-refractivity contribution >= 4 is 45.4 Å². The van der Waals surface area contributed by atoms with Gasteiger partial charge in [0, 0.05) is 10.0 Å². The molecule has 0 unspecified atom stereocenters. The summed E-state index contributed by atoms with van der Waals surface area (Å²) in [6.45, 7) is 2.47. The Bertz CT molecular complexity index is 1210. The molecule has 6 nitrogen and oxygen atoms in total. The number of carbonyl (C=O) groups excluding carboxylic acids is 1. The van der Waals surface area contributed by atoms with Crippen LogP contribution in [0.2, 0.25) is 0 Å². The topological polar surface area (TPSA) is 79.2 Å². The molecule has 7 heteroatoms. The maximum atomic E-state index is 13.4. The van der Waals surface area contributed by atoms with Crippen molar-refractivity contribution in [3.63, 3.8) is 0 Å². The van der Waals surface area contributed by atoms with Crippen molar-refractivity contribution in [3.8, 4) is 5.75 Å². The number of anilines is 1. The fourth-order valence-corrected chi connectivity index (χ4v) is 3.55. The standard InChI is InChI=1S/C25H19BrN2O4/c1-2-32-21-13-11-20(12-14-21)28-23(17-7-9-19(26)10-8-17)27-22(24(28)29)15-16-3-5-18(6-4-16)25(30)31/h3-15H,2H2,1H3,(H,30,31)/b22-15+. The highest BCUT2D eigenvalue weighted by Crippen LogP contribution is 2.29. The number of aromatic carboxylic acids is 1. The molecule has 0 saturated carbocycles. The van der Waals surface area contributed by atoms with Gasteiger partial charge >= 0.3 is 5.97 Å². The van der Waals surface area contributed by atoms with Crippen molar-refractivity contribution in [2.45, 2.75) is 6.92 Å². The first kappa shape index (κ1) is 21.5. The summed E-state index contributed by atoms with van der Waals surface area (Å²) in [4.78, 5) is 30.6. The molecule has 32 heavy (non-hydrogen) atoms. The van der Waals surface area contributed by atoms with Gasteiger partial charge in [0.1, 0.15) is 17.3 Å². The molecule has 0 aromatic heterocycles. The summed E-state index contributed by atoms with van der Waals surface area (Å²) >= 11 is 3.43. The Kier molecular flexibility index (Phi) is 6.18. The van der Waals surface area contributed by atoms with Crippen LogP contribution in [0, 0.1) is 0 Å². The maximum absolute atomic E-state index is 13.4. The Morgan fingerprint density at radius 2 is 1.69 bits per heavy atom. The largest absolute Gasteiger partial charge is 0.494 e. The number of carbonyl (C=O) groups is 2. The van der Waals surface area contributed by atoms with Crippen LogP contribution in [0.1, 0.15) is 28.4 Å². The van der Waals surface area contributed by atoms with Crippen LogP contribution in [0.15, 0.2) is 88.0 Å². The molecule has 1 heterocycles. The van der Waals surface area contributed by atoms with E-state index in [9.17, 15) is 9.59 Å². The Labute approximate surface area is 193 Å². The van der Waals surface area contributed by atoms with Crippen LogP contribution in [0.4, 0.5) is 5.69 Å². The molecular weight excluding hydrogens is 472 g/mol. The smallest absolute Gasteiger partial charge is 0.335 e. The number of nitrogens with zero attached hydrogens (tertiary/aromatic N) is 2. The van der Waals surface area contributed by atoms with E-state index in [0.29, 0.717) is 23.7 Å². The number of amides is 1. The molecule has 0 spiro atoms. The van der Waals surface area contributed by atoms with Gasteiger partial charge in [0.2, 0.25) is 0 Å². The highest BCUT2D eigenvalue weighted by Gasteiger charge is 2.32. The van der Waals surface area contributed by atoms with E-state index in [1.807, 2.05) is 55.5 Å². The van der Waals surface area contributed by atoms with E-state index in [4.69, 9.17) is 9.84 Å². The molecule has 0 bridgehead atoms. The Balaban J connectivity index is 1.74. The minimum absolute atomic E-state index is 0.181. The Morgan fingerprint density at radius 1 is 1.03 bits per heavy atom. The number of amidine groups is 1. The van der Waals surface area contributed by atoms with E-state index in [0.717, 1.165) is 15.8 Å². The van der Waals surface area contributed by atoms with Crippen LogP contribution < -0.4 is 9.64 Å². The number of aliphatic imine (C=N–C) groups is 1. The molecule has 0 saturated heterocycles. The van der Waals surface area contributed by atoms with Crippen LogP contribution in [-0.2, 0) is 4.79 Å². The lowest BCUT2D eigenvalue weighted by atomic mass is 10.1. The minimum Gasteiger partial charge on any atom is -0.494 e. The Hall–Kier alpha value is -3.71. The van der Waals surface area contributed by atoms with Crippen molar-refractivity contribution < 1.29 is 19.4 Å². The Morgan fingerprint density at radius 3 is 2.28 bits per heavy atom. The number of benzene rings is 3. The summed E-state index contributed by atoms with van der Waals surface area (Å²) in [6.07, 6.45) is 1.65. The zero-order chi connectivity index (χ0) is 22.7. The average Bonchev–Trinajstić information content (AvgIpc) is 3.11. The first-order valence-corrected chi connectivity index (χ1v) is 10.7. The summed E-state index contributed by atoms with van der Waals surface area (Å²) in [5, 5.41) is 9.09. The summed E-state index contributed by atoms with van der Waals surface area (Å²) < 4.78 is 6.43. The zero-order valence-corrected chi connectivity index (χ0v) is 18.7. The minimum atomic E-state index is -1.00. The third-order valence-electron chi connectivity index (χ3n) is 4.83. The van der Waals surface area contributed by atoms with Gasteiger partial charge in [-0.25, -0.2) is 9.79 Å². The van der Waals surface area contributed by atoms with Gasteiger partial charge in [0.15, 0.2) is 0 Å².